The largest absolute Gasteiger partial charge is 0.459 e. The third kappa shape index (κ3) is 3.53. The van der Waals surface area contributed by atoms with Crippen LogP contribution in [0.5, 0.6) is 0 Å². The Kier molecular flexibility index (Phi) is 4.76. The lowest BCUT2D eigenvalue weighted by Crippen LogP contribution is -2.44. The minimum Gasteiger partial charge on any atom is -0.459 e. The first-order valence-corrected chi connectivity index (χ1v) is 8.37. The van der Waals surface area contributed by atoms with E-state index in [-0.39, 0.29) is 30.0 Å². The molecule has 0 spiro atoms. The summed E-state index contributed by atoms with van der Waals surface area (Å²) in [5, 5.41) is 16.0. The Hall–Kier alpha value is -2.08. The van der Waals surface area contributed by atoms with Gasteiger partial charge in [0.05, 0.1) is 12.1 Å². The van der Waals surface area contributed by atoms with Crippen molar-refractivity contribution in [2.45, 2.75) is 57.7 Å². The van der Waals surface area contributed by atoms with Crippen LogP contribution in [0.2, 0.25) is 0 Å². The summed E-state index contributed by atoms with van der Waals surface area (Å²) < 4.78 is 19.2. The summed E-state index contributed by atoms with van der Waals surface area (Å²) in [5.74, 6) is 0.320. The van der Waals surface area contributed by atoms with Crippen LogP contribution in [0.4, 0.5) is 9.18 Å². The number of carbonyl (C=O) groups is 1. The van der Waals surface area contributed by atoms with Gasteiger partial charge in [-0.1, -0.05) is 0 Å². The second-order valence-electron chi connectivity index (χ2n) is 6.58. The predicted molar refractivity (Wildman–Crippen MR) is 89.3 cm³/mol. The van der Waals surface area contributed by atoms with Gasteiger partial charge in [0.2, 0.25) is 0 Å². The molecule has 24 heavy (non-hydrogen) atoms. The predicted octanol–water partition coefficient (Wildman–Crippen LogP) is 3.54. The van der Waals surface area contributed by atoms with Gasteiger partial charge in [-0.05, 0) is 57.7 Å². The van der Waals surface area contributed by atoms with E-state index in [2.05, 4.69) is 10.6 Å². The van der Waals surface area contributed by atoms with Gasteiger partial charge in [-0.3, -0.25) is 0 Å². The number of halogens is 1. The molecule has 2 amide bonds. The van der Waals surface area contributed by atoms with E-state index < -0.39 is 0 Å². The fourth-order valence-electron chi connectivity index (χ4n) is 3.33. The van der Waals surface area contributed by atoms with Gasteiger partial charge >= 0.3 is 6.03 Å². The Balaban J connectivity index is 1.65. The van der Waals surface area contributed by atoms with Gasteiger partial charge in [-0.2, -0.15) is 0 Å². The van der Waals surface area contributed by atoms with Gasteiger partial charge in [0.25, 0.3) is 0 Å². The molecule has 1 heterocycles. The number of aliphatic hydroxyl groups excluding tert-OH is 1. The average molecular weight is 334 g/mol. The molecule has 1 aliphatic carbocycles. The number of benzene rings is 1. The monoisotopic (exact) mass is 334 g/mol. The van der Waals surface area contributed by atoms with Crippen LogP contribution in [0.1, 0.15) is 50.0 Å². The third-order valence-electron chi connectivity index (χ3n) is 4.71. The summed E-state index contributed by atoms with van der Waals surface area (Å²) in [6, 6.07) is 3.91. The maximum atomic E-state index is 13.4. The number of amides is 2. The van der Waals surface area contributed by atoms with Gasteiger partial charge in [0.1, 0.15) is 17.2 Å². The zero-order valence-corrected chi connectivity index (χ0v) is 13.9. The van der Waals surface area contributed by atoms with Crippen molar-refractivity contribution in [1.29, 1.82) is 0 Å². The minimum absolute atomic E-state index is 0.0893. The molecule has 6 heteroatoms. The summed E-state index contributed by atoms with van der Waals surface area (Å²) in [6.07, 6.45) is 2.75. The molecular weight excluding hydrogens is 311 g/mol. The molecule has 0 unspecified atom stereocenters. The first kappa shape index (κ1) is 16.8. The molecule has 5 nitrogen and oxygen atoms in total. The lowest BCUT2D eigenvalue weighted by molar-refractivity contribution is 0.117. The fourth-order valence-corrected chi connectivity index (χ4v) is 3.33. The summed E-state index contributed by atoms with van der Waals surface area (Å²) in [7, 11) is 0. The highest BCUT2D eigenvalue weighted by Crippen LogP contribution is 2.30. The van der Waals surface area contributed by atoms with Crippen LogP contribution in [0, 0.1) is 12.7 Å². The highest BCUT2D eigenvalue weighted by atomic mass is 19.1. The molecule has 1 aromatic carbocycles. The van der Waals surface area contributed by atoms with Gasteiger partial charge in [0.15, 0.2) is 0 Å². The number of aryl methyl sites for hydroxylation is 1. The zero-order valence-electron chi connectivity index (χ0n) is 13.9. The quantitative estimate of drug-likeness (QED) is 0.804. The molecular formula is C18H23FN2O3. The molecule has 0 radical (unpaired) electrons. The Morgan fingerprint density at radius 3 is 2.75 bits per heavy atom. The molecule has 1 saturated carbocycles. The third-order valence-corrected chi connectivity index (χ3v) is 4.71. The van der Waals surface area contributed by atoms with Crippen molar-refractivity contribution in [3.05, 3.63) is 35.3 Å². The van der Waals surface area contributed by atoms with Crippen LogP contribution in [-0.2, 0) is 0 Å². The maximum Gasteiger partial charge on any atom is 0.315 e. The Morgan fingerprint density at radius 2 is 2.04 bits per heavy atom. The molecule has 1 fully saturated rings. The van der Waals surface area contributed by atoms with Crippen molar-refractivity contribution in [1.82, 2.24) is 10.6 Å². The smallest absolute Gasteiger partial charge is 0.315 e. The van der Waals surface area contributed by atoms with Crippen molar-refractivity contribution >= 4 is 17.0 Å². The van der Waals surface area contributed by atoms with Crippen molar-refractivity contribution in [3.8, 4) is 0 Å². The molecule has 0 aliphatic heterocycles. The molecule has 0 saturated heterocycles. The highest BCUT2D eigenvalue weighted by molar-refractivity contribution is 5.82. The zero-order chi connectivity index (χ0) is 17.3. The van der Waals surface area contributed by atoms with E-state index in [9.17, 15) is 14.3 Å². The average Bonchev–Trinajstić information content (AvgIpc) is 2.86. The van der Waals surface area contributed by atoms with Crippen LogP contribution in [0.15, 0.2) is 22.6 Å². The number of carbonyl (C=O) groups excluding carboxylic acids is 1. The van der Waals surface area contributed by atoms with E-state index in [1.54, 1.807) is 6.07 Å². The number of urea groups is 1. The molecule has 130 valence electrons. The molecule has 3 rings (SSSR count). The van der Waals surface area contributed by atoms with Gasteiger partial charge in [-0.15, -0.1) is 0 Å². The van der Waals surface area contributed by atoms with Gasteiger partial charge < -0.3 is 20.2 Å². The van der Waals surface area contributed by atoms with Crippen LogP contribution in [0.25, 0.3) is 11.0 Å². The summed E-state index contributed by atoms with van der Waals surface area (Å²) in [4.78, 5) is 12.2. The molecule has 2 aromatic rings. The van der Waals surface area contributed by atoms with Gasteiger partial charge in [-0.25, -0.2) is 9.18 Å². The number of rotatable bonds is 3. The molecule has 3 N–H and O–H groups in total. The molecule has 1 aliphatic rings. The molecule has 1 atom stereocenters. The van der Waals surface area contributed by atoms with E-state index in [0.717, 1.165) is 36.6 Å². The highest BCUT2D eigenvalue weighted by Gasteiger charge is 2.23. The number of furan rings is 1. The molecule has 0 bridgehead atoms. The van der Waals surface area contributed by atoms with E-state index in [4.69, 9.17) is 4.42 Å². The van der Waals surface area contributed by atoms with E-state index in [1.807, 2.05) is 13.8 Å². The van der Waals surface area contributed by atoms with E-state index in [1.165, 1.54) is 12.1 Å². The SMILES string of the molecule is Cc1c([C@@H](C)NC(=O)NC2CCC(O)CC2)oc2ccc(F)cc12. The van der Waals surface area contributed by atoms with Crippen molar-refractivity contribution in [2.75, 3.05) is 0 Å². The number of aliphatic hydroxyl groups is 1. The number of nitrogens with one attached hydrogen (secondary N) is 2. The Morgan fingerprint density at radius 1 is 1.33 bits per heavy atom. The fraction of sp³-hybridized carbons (Fsp3) is 0.500. The first-order chi connectivity index (χ1) is 11.4. The van der Waals surface area contributed by atoms with Crippen LogP contribution >= 0.6 is 0 Å². The minimum atomic E-state index is -0.324. The van der Waals surface area contributed by atoms with E-state index >= 15 is 0 Å². The summed E-state index contributed by atoms with van der Waals surface area (Å²) in [6.45, 7) is 3.70. The van der Waals surface area contributed by atoms with Crippen LogP contribution in [-0.4, -0.2) is 23.3 Å². The topological polar surface area (TPSA) is 74.5 Å². The Bertz CT molecular complexity index is 735. The van der Waals surface area contributed by atoms with Gasteiger partial charge in [0, 0.05) is 17.0 Å². The second-order valence-corrected chi connectivity index (χ2v) is 6.58. The number of hydrogen-bond acceptors (Lipinski definition) is 3. The maximum absolute atomic E-state index is 13.4. The lowest BCUT2D eigenvalue weighted by atomic mass is 9.93. The second kappa shape index (κ2) is 6.81. The Labute approximate surface area is 140 Å². The first-order valence-electron chi connectivity index (χ1n) is 8.37. The number of fused-ring (bicyclic) bond motifs is 1. The summed E-state index contributed by atoms with van der Waals surface area (Å²) in [5.41, 5.74) is 1.44. The van der Waals surface area contributed by atoms with Crippen LogP contribution in [0.3, 0.4) is 0 Å². The summed E-state index contributed by atoms with van der Waals surface area (Å²) >= 11 is 0. The van der Waals surface area contributed by atoms with Crippen LogP contribution < -0.4 is 10.6 Å². The van der Waals surface area contributed by atoms with Crippen molar-refractivity contribution < 1.29 is 18.7 Å². The van der Waals surface area contributed by atoms with Crippen molar-refractivity contribution in [3.63, 3.8) is 0 Å². The standard InChI is InChI=1S/C18H23FN2O3/c1-10-15-9-12(19)3-8-16(15)24-17(10)11(2)20-18(23)21-13-4-6-14(22)7-5-13/h3,8-9,11,13-14,22H,4-7H2,1-2H3,(H2,20,21,23)/t11-,13?,14?/m1/s1. The number of hydrogen-bond donors (Lipinski definition) is 3. The van der Waals surface area contributed by atoms with Crippen molar-refractivity contribution in [2.24, 2.45) is 0 Å². The lowest BCUT2D eigenvalue weighted by Gasteiger charge is -2.26. The molecule has 1 aromatic heterocycles. The normalized spacial score (nSPS) is 22.3. The van der Waals surface area contributed by atoms with E-state index in [0.29, 0.717) is 11.3 Å².